The number of para-hydroxylation sites is 1. The summed E-state index contributed by atoms with van der Waals surface area (Å²) < 4.78 is 0. The average molecular weight is 423 g/mol. The number of carbonyl (C=O) groups excluding carboxylic acids is 2. The van der Waals surface area contributed by atoms with Crippen molar-refractivity contribution in [3.8, 4) is 0 Å². The topological polar surface area (TPSA) is 87.5 Å². The lowest BCUT2D eigenvalue weighted by molar-refractivity contribution is -0.116. The predicted octanol–water partition coefficient (Wildman–Crippen LogP) is 4.50. The molecule has 6 nitrogen and oxygen atoms in total. The first-order valence-electron chi connectivity index (χ1n) is 11.1. The third-order valence-corrected chi connectivity index (χ3v) is 6.18. The second kappa shape index (κ2) is 11.0. The van der Waals surface area contributed by atoms with E-state index < -0.39 is 12.1 Å². The Labute approximate surface area is 185 Å². The molecular weight excluding hydrogens is 388 g/mol. The van der Waals surface area contributed by atoms with Gasteiger partial charge >= 0.3 is 6.03 Å². The number of hydrogen-bond donors (Lipinski definition) is 3. The summed E-state index contributed by atoms with van der Waals surface area (Å²) in [5.74, 6) is -0.158. The number of nitrogens with zero attached hydrogens (tertiary/aromatic N) is 1. The molecule has 0 aliphatic heterocycles. The van der Waals surface area contributed by atoms with E-state index in [1.807, 2.05) is 49.4 Å². The van der Waals surface area contributed by atoms with Crippen LogP contribution in [0.1, 0.15) is 61.3 Å². The summed E-state index contributed by atoms with van der Waals surface area (Å²) in [4.78, 5) is 26.8. The van der Waals surface area contributed by atoms with E-state index in [1.165, 1.54) is 32.1 Å². The van der Waals surface area contributed by atoms with Gasteiger partial charge in [0.05, 0.1) is 12.5 Å². The molecule has 3 rings (SSSR count). The summed E-state index contributed by atoms with van der Waals surface area (Å²) in [7, 11) is 2.17. The molecule has 0 spiro atoms. The highest BCUT2D eigenvalue weighted by Gasteiger charge is 2.21. The second-order valence-electron chi connectivity index (χ2n) is 8.53. The summed E-state index contributed by atoms with van der Waals surface area (Å²) in [6.07, 6.45) is 6.50. The lowest BCUT2D eigenvalue weighted by atomic mass is 9.94. The number of nitrogens with one attached hydrogen (secondary N) is 2. The van der Waals surface area contributed by atoms with Gasteiger partial charge in [0, 0.05) is 18.3 Å². The van der Waals surface area contributed by atoms with Gasteiger partial charge in [-0.15, -0.1) is 0 Å². The zero-order valence-electron chi connectivity index (χ0n) is 18.6. The molecule has 3 amide bonds. The van der Waals surface area contributed by atoms with Crippen LogP contribution in [-0.4, -0.2) is 29.9 Å². The van der Waals surface area contributed by atoms with Crippen LogP contribution in [0.3, 0.4) is 0 Å². The number of nitrogens with two attached hydrogens (primary N) is 1. The largest absolute Gasteiger partial charge is 0.352 e. The maximum atomic E-state index is 12.9. The number of anilines is 1. The molecule has 1 aliphatic rings. The number of aryl methyl sites for hydroxylation is 1. The fraction of sp³-hybridized carbons (Fsp3) is 0.440. The molecule has 4 N–H and O–H groups in total. The fourth-order valence-corrected chi connectivity index (χ4v) is 4.47. The van der Waals surface area contributed by atoms with Crippen molar-refractivity contribution in [1.29, 1.82) is 0 Å². The quantitative estimate of drug-likeness (QED) is 0.585. The van der Waals surface area contributed by atoms with Crippen molar-refractivity contribution in [2.24, 2.45) is 5.73 Å². The molecule has 0 bridgehead atoms. The van der Waals surface area contributed by atoms with Crippen LogP contribution in [0.4, 0.5) is 10.5 Å². The van der Waals surface area contributed by atoms with Gasteiger partial charge in [0.15, 0.2) is 0 Å². The van der Waals surface area contributed by atoms with Gasteiger partial charge in [-0.05, 0) is 49.6 Å². The minimum absolute atomic E-state index is 0.112. The monoisotopic (exact) mass is 422 g/mol. The normalized spacial score (nSPS) is 15.5. The van der Waals surface area contributed by atoms with Gasteiger partial charge < -0.3 is 16.4 Å². The summed E-state index contributed by atoms with van der Waals surface area (Å²) in [5.41, 5.74) is 9.18. The van der Waals surface area contributed by atoms with E-state index in [4.69, 9.17) is 5.73 Å². The van der Waals surface area contributed by atoms with E-state index >= 15 is 0 Å². The number of urea groups is 1. The third-order valence-electron chi connectivity index (χ3n) is 6.18. The molecule has 166 valence electrons. The van der Waals surface area contributed by atoms with Crippen LogP contribution in [-0.2, 0) is 11.3 Å². The Hall–Kier alpha value is -2.86. The second-order valence-corrected chi connectivity index (χ2v) is 8.53. The van der Waals surface area contributed by atoms with Crippen LogP contribution < -0.4 is 16.4 Å². The van der Waals surface area contributed by atoms with Crippen molar-refractivity contribution >= 4 is 17.6 Å². The minimum atomic E-state index is -0.643. The van der Waals surface area contributed by atoms with Crippen molar-refractivity contribution in [3.05, 3.63) is 65.2 Å². The molecule has 0 saturated heterocycles. The number of carbonyl (C=O) groups is 2. The van der Waals surface area contributed by atoms with Crippen LogP contribution in [0.5, 0.6) is 0 Å². The summed E-state index contributed by atoms with van der Waals surface area (Å²) in [6, 6.07) is 15.1. The van der Waals surface area contributed by atoms with E-state index in [0.29, 0.717) is 6.04 Å². The van der Waals surface area contributed by atoms with Gasteiger partial charge in [-0.1, -0.05) is 61.7 Å². The lowest BCUT2D eigenvalue weighted by Crippen LogP contribution is -2.35. The minimum Gasteiger partial charge on any atom is -0.352 e. The van der Waals surface area contributed by atoms with Crippen molar-refractivity contribution in [2.75, 3.05) is 12.4 Å². The SMILES string of the molecule is Cc1ccccc1[C@@H](CC(=O)Nc1ccccc1CN(C)C1CCCCC1)NC(N)=O. The highest BCUT2D eigenvalue weighted by atomic mass is 16.2. The van der Waals surface area contributed by atoms with Crippen LogP contribution in [0.2, 0.25) is 0 Å². The Bertz CT molecular complexity index is 893. The smallest absolute Gasteiger partial charge is 0.312 e. The fourth-order valence-electron chi connectivity index (χ4n) is 4.47. The molecule has 1 aliphatic carbocycles. The van der Waals surface area contributed by atoms with E-state index in [-0.39, 0.29) is 12.3 Å². The van der Waals surface area contributed by atoms with Gasteiger partial charge in [-0.25, -0.2) is 4.79 Å². The molecule has 1 saturated carbocycles. The summed E-state index contributed by atoms with van der Waals surface area (Å²) >= 11 is 0. The molecule has 2 aromatic rings. The van der Waals surface area contributed by atoms with Crippen LogP contribution in [0.15, 0.2) is 48.5 Å². The van der Waals surface area contributed by atoms with Gasteiger partial charge in [0.2, 0.25) is 5.91 Å². The Morgan fingerprint density at radius 3 is 2.45 bits per heavy atom. The van der Waals surface area contributed by atoms with Gasteiger partial charge in [0.25, 0.3) is 0 Å². The lowest BCUT2D eigenvalue weighted by Gasteiger charge is -2.31. The van der Waals surface area contributed by atoms with Gasteiger partial charge in [-0.3, -0.25) is 9.69 Å². The van der Waals surface area contributed by atoms with Crippen LogP contribution in [0.25, 0.3) is 0 Å². The van der Waals surface area contributed by atoms with Crippen molar-refractivity contribution in [3.63, 3.8) is 0 Å². The number of hydrogen-bond acceptors (Lipinski definition) is 3. The maximum Gasteiger partial charge on any atom is 0.312 e. The zero-order valence-corrected chi connectivity index (χ0v) is 18.6. The van der Waals surface area contributed by atoms with Gasteiger partial charge in [-0.2, -0.15) is 0 Å². The predicted molar refractivity (Wildman–Crippen MR) is 125 cm³/mol. The van der Waals surface area contributed by atoms with Crippen LogP contribution in [0, 0.1) is 6.92 Å². The molecular formula is C25H34N4O2. The number of rotatable bonds is 8. The molecule has 0 unspecified atom stereocenters. The van der Waals surface area contributed by atoms with Crippen LogP contribution >= 0.6 is 0 Å². The zero-order chi connectivity index (χ0) is 22.2. The summed E-state index contributed by atoms with van der Waals surface area (Å²) in [6.45, 7) is 2.75. The summed E-state index contributed by atoms with van der Waals surface area (Å²) in [5, 5.41) is 5.77. The number of primary amides is 1. The molecule has 1 atom stereocenters. The Morgan fingerprint density at radius 1 is 1.06 bits per heavy atom. The molecule has 0 aromatic heterocycles. The van der Waals surface area contributed by atoms with E-state index in [9.17, 15) is 9.59 Å². The Balaban J connectivity index is 1.69. The molecule has 1 fully saturated rings. The highest BCUT2D eigenvalue weighted by molar-refractivity contribution is 5.92. The standard InChI is InChI=1S/C25H34N4O2/c1-18-10-6-8-14-21(18)23(28-25(26)31)16-24(30)27-22-15-9-7-11-19(22)17-29(2)20-12-4-3-5-13-20/h6-11,14-15,20,23H,3-5,12-13,16-17H2,1-2H3,(H,27,30)(H3,26,28,31)/t23-/m1/s1. The van der Waals surface area contributed by atoms with Crippen molar-refractivity contribution < 1.29 is 9.59 Å². The highest BCUT2D eigenvalue weighted by Crippen LogP contribution is 2.26. The molecule has 31 heavy (non-hydrogen) atoms. The Kier molecular flexibility index (Phi) is 8.06. The van der Waals surface area contributed by atoms with Crippen molar-refractivity contribution in [2.45, 2.75) is 64.1 Å². The van der Waals surface area contributed by atoms with E-state index in [0.717, 1.165) is 28.9 Å². The maximum absolute atomic E-state index is 12.9. The average Bonchev–Trinajstić information content (AvgIpc) is 2.75. The molecule has 0 heterocycles. The van der Waals surface area contributed by atoms with E-state index in [1.54, 1.807) is 0 Å². The number of amides is 3. The molecule has 0 radical (unpaired) electrons. The first-order chi connectivity index (χ1) is 14.9. The third kappa shape index (κ3) is 6.56. The molecule has 6 heteroatoms. The Morgan fingerprint density at radius 2 is 1.74 bits per heavy atom. The first-order valence-corrected chi connectivity index (χ1v) is 11.1. The number of benzene rings is 2. The first kappa shape index (κ1) is 22.8. The van der Waals surface area contributed by atoms with Gasteiger partial charge in [0.1, 0.15) is 0 Å². The van der Waals surface area contributed by atoms with Crippen molar-refractivity contribution in [1.82, 2.24) is 10.2 Å². The molecule has 2 aromatic carbocycles. The van der Waals surface area contributed by atoms with E-state index in [2.05, 4.69) is 28.6 Å².